The number of nitrogens with zero attached hydrogens (tertiary/aromatic N) is 1. The molecule has 0 spiro atoms. The highest BCUT2D eigenvalue weighted by atomic mass is 16.5. The highest BCUT2D eigenvalue weighted by Crippen LogP contribution is 2.12. The first-order valence-electron chi connectivity index (χ1n) is 6.56. The molecule has 2 aromatic rings. The van der Waals surface area contributed by atoms with Crippen molar-refractivity contribution in [2.24, 2.45) is 5.84 Å². The average molecular weight is 286 g/mol. The number of nitrogens with one attached hydrogen (secondary N) is 2. The summed E-state index contributed by atoms with van der Waals surface area (Å²) in [5, 5.41) is 2.85. The molecule has 0 radical (unpaired) electrons. The lowest BCUT2D eigenvalue weighted by atomic mass is 10.1. The standard InChI is InChI=1S/C15H18N4O2/c1-21-13-4-2-3-11(9-13)7-8-17-15(20)12-5-6-14(19-16)18-10-12/h2-6,9-10H,7-8,16H2,1H3,(H,17,20)(H,18,19). The molecule has 0 fully saturated rings. The van der Waals surface area contributed by atoms with Gasteiger partial charge in [0.2, 0.25) is 0 Å². The summed E-state index contributed by atoms with van der Waals surface area (Å²) in [6.07, 6.45) is 2.22. The summed E-state index contributed by atoms with van der Waals surface area (Å²) >= 11 is 0. The van der Waals surface area contributed by atoms with Gasteiger partial charge in [-0.1, -0.05) is 12.1 Å². The molecule has 6 nitrogen and oxygen atoms in total. The van der Waals surface area contributed by atoms with E-state index in [9.17, 15) is 4.79 Å². The fourth-order valence-electron chi connectivity index (χ4n) is 1.86. The topological polar surface area (TPSA) is 89.3 Å². The molecule has 0 bridgehead atoms. The van der Waals surface area contributed by atoms with Crippen LogP contribution in [0.25, 0.3) is 0 Å². The van der Waals surface area contributed by atoms with Crippen LogP contribution in [-0.2, 0) is 6.42 Å². The SMILES string of the molecule is COc1cccc(CCNC(=O)c2ccc(NN)nc2)c1. The molecule has 0 atom stereocenters. The Bertz CT molecular complexity index is 599. The molecule has 2 rings (SSSR count). The summed E-state index contributed by atoms with van der Waals surface area (Å²) in [5.74, 6) is 6.39. The Kier molecular flexibility index (Phi) is 5.11. The zero-order valence-electron chi connectivity index (χ0n) is 11.8. The zero-order chi connectivity index (χ0) is 15.1. The van der Waals surface area contributed by atoms with Crippen LogP contribution in [0.3, 0.4) is 0 Å². The molecule has 1 amide bonds. The van der Waals surface area contributed by atoms with Gasteiger partial charge in [-0.05, 0) is 36.2 Å². The van der Waals surface area contributed by atoms with Gasteiger partial charge in [0, 0.05) is 12.7 Å². The number of methoxy groups -OCH3 is 1. The van der Waals surface area contributed by atoms with Gasteiger partial charge in [-0.3, -0.25) is 4.79 Å². The maximum Gasteiger partial charge on any atom is 0.252 e. The number of hydrogen-bond donors (Lipinski definition) is 3. The van der Waals surface area contributed by atoms with Crippen molar-refractivity contribution in [2.45, 2.75) is 6.42 Å². The van der Waals surface area contributed by atoms with Crippen molar-refractivity contribution >= 4 is 11.7 Å². The molecule has 0 aliphatic rings. The van der Waals surface area contributed by atoms with Crippen molar-refractivity contribution in [3.63, 3.8) is 0 Å². The second-order valence-electron chi connectivity index (χ2n) is 4.43. The van der Waals surface area contributed by atoms with Crippen molar-refractivity contribution in [3.05, 3.63) is 53.7 Å². The number of carbonyl (C=O) groups is 1. The molecule has 110 valence electrons. The number of hydrazine groups is 1. The number of aromatic nitrogens is 1. The van der Waals surface area contributed by atoms with E-state index in [4.69, 9.17) is 10.6 Å². The Balaban J connectivity index is 1.85. The molecular weight excluding hydrogens is 268 g/mol. The lowest BCUT2D eigenvalue weighted by molar-refractivity contribution is 0.0954. The van der Waals surface area contributed by atoms with Crippen molar-refractivity contribution in [1.29, 1.82) is 0 Å². The van der Waals surface area contributed by atoms with Gasteiger partial charge < -0.3 is 15.5 Å². The fourth-order valence-corrected chi connectivity index (χ4v) is 1.86. The first kappa shape index (κ1) is 14.8. The van der Waals surface area contributed by atoms with Gasteiger partial charge in [-0.25, -0.2) is 10.8 Å². The summed E-state index contributed by atoms with van der Waals surface area (Å²) in [6, 6.07) is 11.1. The van der Waals surface area contributed by atoms with Gasteiger partial charge in [0.25, 0.3) is 5.91 Å². The summed E-state index contributed by atoms with van der Waals surface area (Å²) in [6.45, 7) is 0.545. The van der Waals surface area contributed by atoms with Crippen LogP contribution in [-0.4, -0.2) is 24.5 Å². The predicted octanol–water partition coefficient (Wildman–Crippen LogP) is 1.35. The number of carbonyl (C=O) groups excluding carboxylic acids is 1. The molecule has 0 unspecified atom stereocenters. The van der Waals surface area contributed by atoms with Crippen LogP contribution in [0.15, 0.2) is 42.6 Å². The Morgan fingerprint density at radius 3 is 2.86 bits per heavy atom. The number of nitrogens with two attached hydrogens (primary N) is 1. The van der Waals surface area contributed by atoms with Crippen LogP contribution in [0.4, 0.5) is 5.82 Å². The van der Waals surface area contributed by atoms with Gasteiger partial charge in [-0.15, -0.1) is 0 Å². The summed E-state index contributed by atoms with van der Waals surface area (Å²) in [7, 11) is 1.63. The number of amides is 1. The fraction of sp³-hybridized carbons (Fsp3) is 0.200. The number of anilines is 1. The van der Waals surface area contributed by atoms with Crippen LogP contribution in [0.1, 0.15) is 15.9 Å². The normalized spacial score (nSPS) is 10.0. The van der Waals surface area contributed by atoms with Crippen LogP contribution in [0.5, 0.6) is 5.75 Å². The third-order valence-corrected chi connectivity index (χ3v) is 3.01. The van der Waals surface area contributed by atoms with E-state index in [1.807, 2.05) is 24.3 Å². The molecule has 0 saturated heterocycles. The molecule has 0 saturated carbocycles. The first-order valence-corrected chi connectivity index (χ1v) is 6.56. The molecule has 1 aromatic carbocycles. The predicted molar refractivity (Wildman–Crippen MR) is 81.1 cm³/mol. The Labute approximate surface area is 123 Å². The third kappa shape index (κ3) is 4.19. The lowest BCUT2D eigenvalue weighted by Gasteiger charge is -2.07. The quantitative estimate of drug-likeness (QED) is 0.551. The lowest BCUT2D eigenvalue weighted by Crippen LogP contribution is -2.25. The van der Waals surface area contributed by atoms with E-state index >= 15 is 0 Å². The number of rotatable bonds is 6. The third-order valence-electron chi connectivity index (χ3n) is 3.01. The second kappa shape index (κ2) is 7.25. The van der Waals surface area contributed by atoms with Gasteiger partial charge in [0.05, 0.1) is 12.7 Å². The molecular formula is C15H18N4O2. The van der Waals surface area contributed by atoms with E-state index in [0.717, 1.165) is 17.7 Å². The zero-order valence-corrected chi connectivity index (χ0v) is 11.8. The average Bonchev–Trinajstić information content (AvgIpc) is 2.55. The van der Waals surface area contributed by atoms with E-state index in [2.05, 4.69) is 15.7 Å². The minimum atomic E-state index is -0.158. The van der Waals surface area contributed by atoms with Crippen LogP contribution >= 0.6 is 0 Å². The minimum absolute atomic E-state index is 0.158. The van der Waals surface area contributed by atoms with E-state index in [0.29, 0.717) is 17.9 Å². The van der Waals surface area contributed by atoms with Crippen molar-refractivity contribution in [2.75, 3.05) is 19.1 Å². The second-order valence-corrected chi connectivity index (χ2v) is 4.43. The molecule has 6 heteroatoms. The summed E-state index contributed by atoms with van der Waals surface area (Å²) in [5.41, 5.74) is 4.02. The molecule has 0 aliphatic heterocycles. The van der Waals surface area contributed by atoms with Gasteiger partial charge in [0.15, 0.2) is 0 Å². The molecule has 1 aromatic heterocycles. The van der Waals surface area contributed by atoms with Crippen LogP contribution in [0, 0.1) is 0 Å². The number of benzene rings is 1. The highest BCUT2D eigenvalue weighted by Gasteiger charge is 2.05. The summed E-state index contributed by atoms with van der Waals surface area (Å²) < 4.78 is 5.16. The van der Waals surface area contributed by atoms with Crippen molar-refractivity contribution in [3.8, 4) is 5.75 Å². The number of ether oxygens (including phenoxy) is 1. The molecule has 4 N–H and O–H groups in total. The minimum Gasteiger partial charge on any atom is -0.497 e. The van der Waals surface area contributed by atoms with Crippen LogP contribution < -0.4 is 21.3 Å². The van der Waals surface area contributed by atoms with Gasteiger partial charge in [0.1, 0.15) is 11.6 Å². The van der Waals surface area contributed by atoms with E-state index in [1.165, 1.54) is 6.20 Å². The maximum atomic E-state index is 11.9. The molecule has 0 aliphatic carbocycles. The van der Waals surface area contributed by atoms with E-state index in [1.54, 1.807) is 19.2 Å². The van der Waals surface area contributed by atoms with Crippen molar-refractivity contribution < 1.29 is 9.53 Å². The van der Waals surface area contributed by atoms with E-state index < -0.39 is 0 Å². The molecule has 21 heavy (non-hydrogen) atoms. The first-order chi connectivity index (χ1) is 10.2. The maximum absolute atomic E-state index is 11.9. The molecule has 1 heterocycles. The van der Waals surface area contributed by atoms with Crippen LogP contribution in [0.2, 0.25) is 0 Å². The Hall–Kier alpha value is -2.60. The number of hydrogen-bond acceptors (Lipinski definition) is 5. The Morgan fingerprint density at radius 2 is 2.19 bits per heavy atom. The van der Waals surface area contributed by atoms with Crippen molar-refractivity contribution in [1.82, 2.24) is 10.3 Å². The Morgan fingerprint density at radius 1 is 1.33 bits per heavy atom. The van der Waals surface area contributed by atoms with Gasteiger partial charge >= 0.3 is 0 Å². The monoisotopic (exact) mass is 286 g/mol. The van der Waals surface area contributed by atoms with E-state index in [-0.39, 0.29) is 5.91 Å². The smallest absolute Gasteiger partial charge is 0.252 e. The summed E-state index contributed by atoms with van der Waals surface area (Å²) in [4.78, 5) is 15.9. The highest BCUT2D eigenvalue weighted by molar-refractivity contribution is 5.94. The van der Waals surface area contributed by atoms with Gasteiger partial charge in [-0.2, -0.15) is 0 Å². The number of pyridine rings is 1. The number of nitrogen functional groups attached to an aromatic ring is 1. The largest absolute Gasteiger partial charge is 0.497 e.